The van der Waals surface area contributed by atoms with E-state index in [0.29, 0.717) is 6.42 Å². The zero-order valence-corrected chi connectivity index (χ0v) is 12.3. The first-order chi connectivity index (χ1) is 10.2. The minimum atomic E-state index is -0.418. The Labute approximate surface area is 125 Å². The zero-order valence-electron chi connectivity index (χ0n) is 12.3. The Morgan fingerprint density at radius 1 is 1.14 bits per heavy atom. The summed E-state index contributed by atoms with van der Waals surface area (Å²) in [6.45, 7) is 1.65. The molecular formula is C17H22N2O2. The molecule has 0 aromatic heterocycles. The summed E-state index contributed by atoms with van der Waals surface area (Å²) < 4.78 is 0. The Kier molecular flexibility index (Phi) is 4.23. The van der Waals surface area contributed by atoms with E-state index in [-0.39, 0.29) is 17.7 Å². The topological polar surface area (TPSA) is 49.4 Å². The van der Waals surface area contributed by atoms with E-state index in [2.05, 4.69) is 5.32 Å². The Bertz CT molecular complexity index is 505. The van der Waals surface area contributed by atoms with E-state index in [1.54, 1.807) is 0 Å². The molecule has 1 saturated carbocycles. The second-order valence-corrected chi connectivity index (χ2v) is 6.06. The van der Waals surface area contributed by atoms with E-state index in [1.807, 2.05) is 35.2 Å². The number of amides is 2. The molecule has 1 N–H and O–H groups in total. The van der Waals surface area contributed by atoms with Crippen LogP contribution in [0.4, 0.5) is 0 Å². The molecule has 1 aromatic rings. The van der Waals surface area contributed by atoms with Gasteiger partial charge in [-0.25, -0.2) is 0 Å². The summed E-state index contributed by atoms with van der Waals surface area (Å²) in [5, 5.41) is 2.97. The van der Waals surface area contributed by atoms with Gasteiger partial charge in [0, 0.05) is 25.4 Å². The van der Waals surface area contributed by atoms with Crippen LogP contribution in [0.3, 0.4) is 0 Å². The van der Waals surface area contributed by atoms with Gasteiger partial charge in [-0.3, -0.25) is 9.59 Å². The third kappa shape index (κ3) is 3.63. The van der Waals surface area contributed by atoms with Gasteiger partial charge in [0.05, 0.1) is 0 Å². The molecule has 1 aliphatic carbocycles. The summed E-state index contributed by atoms with van der Waals surface area (Å²) in [4.78, 5) is 26.6. The molecule has 2 aliphatic rings. The first-order valence-corrected chi connectivity index (χ1v) is 7.87. The van der Waals surface area contributed by atoms with E-state index in [9.17, 15) is 9.59 Å². The van der Waals surface area contributed by atoms with Crippen LogP contribution in [0.2, 0.25) is 0 Å². The normalized spacial score (nSPS) is 19.3. The maximum Gasteiger partial charge on any atom is 0.245 e. The van der Waals surface area contributed by atoms with E-state index >= 15 is 0 Å². The van der Waals surface area contributed by atoms with Gasteiger partial charge in [0.15, 0.2) is 0 Å². The number of rotatable bonds is 5. The average Bonchev–Trinajstić information content (AvgIpc) is 3.22. The Morgan fingerprint density at radius 2 is 1.81 bits per heavy atom. The Morgan fingerprint density at radius 3 is 2.43 bits per heavy atom. The van der Waals surface area contributed by atoms with Crippen LogP contribution >= 0.6 is 0 Å². The molecule has 4 heteroatoms. The molecule has 2 amide bonds. The molecule has 1 aromatic carbocycles. The highest BCUT2D eigenvalue weighted by Gasteiger charge is 2.34. The largest absolute Gasteiger partial charge is 0.344 e. The average molecular weight is 286 g/mol. The van der Waals surface area contributed by atoms with Crippen molar-refractivity contribution in [1.82, 2.24) is 10.2 Å². The minimum Gasteiger partial charge on any atom is -0.344 e. The molecule has 0 unspecified atom stereocenters. The molecule has 1 aliphatic heterocycles. The summed E-state index contributed by atoms with van der Waals surface area (Å²) in [5.41, 5.74) is 1.09. The number of nitrogens with zero attached hydrogens (tertiary/aromatic N) is 1. The molecule has 1 heterocycles. The highest BCUT2D eigenvalue weighted by Crippen LogP contribution is 2.29. The number of carbonyl (C=O) groups excluding carboxylic acids is 2. The predicted octanol–water partition coefficient (Wildman–Crippen LogP) is 1.75. The molecule has 3 rings (SSSR count). The summed E-state index contributed by atoms with van der Waals surface area (Å²) in [5.74, 6) is 0.253. The van der Waals surface area contributed by atoms with Crippen molar-refractivity contribution in [3.05, 3.63) is 35.9 Å². The lowest BCUT2D eigenvalue weighted by molar-refractivity contribution is -0.135. The highest BCUT2D eigenvalue weighted by molar-refractivity contribution is 5.89. The molecule has 0 radical (unpaired) electrons. The van der Waals surface area contributed by atoms with Gasteiger partial charge in [-0.05, 0) is 31.2 Å². The second-order valence-electron chi connectivity index (χ2n) is 6.06. The van der Waals surface area contributed by atoms with Gasteiger partial charge in [0.2, 0.25) is 11.8 Å². The van der Waals surface area contributed by atoms with Crippen LogP contribution < -0.4 is 5.32 Å². The van der Waals surface area contributed by atoms with Crippen LogP contribution in [0.1, 0.15) is 31.2 Å². The number of benzene rings is 1. The number of carbonyl (C=O) groups is 2. The minimum absolute atomic E-state index is 0.0449. The zero-order chi connectivity index (χ0) is 14.7. The molecule has 0 spiro atoms. The molecule has 112 valence electrons. The molecule has 1 atom stereocenters. The summed E-state index contributed by atoms with van der Waals surface area (Å²) in [6, 6.07) is 9.49. The van der Waals surface area contributed by atoms with Gasteiger partial charge in [-0.2, -0.15) is 0 Å². The van der Waals surface area contributed by atoms with Crippen LogP contribution in [-0.2, 0) is 16.0 Å². The molecular weight excluding hydrogens is 264 g/mol. The fraction of sp³-hybridized carbons (Fsp3) is 0.529. The van der Waals surface area contributed by atoms with Crippen LogP contribution in [0.15, 0.2) is 30.3 Å². The van der Waals surface area contributed by atoms with Gasteiger partial charge in [-0.15, -0.1) is 0 Å². The van der Waals surface area contributed by atoms with Crippen molar-refractivity contribution in [2.75, 3.05) is 13.1 Å². The van der Waals surface area contributed by atoms with Crippen molar-refractivity contribution in [2.24, 2.45) is 5.92 Å². The maximum absolute atomic E-state index is 12.6. The first kappa shape index (κ1) is 14.1. The fourth-order valence-electron chi connectivity index (χ4n) is 2.84. The molecule has 1 saturated heterocycles. The van der Waals surface area contributed by atoms with Crippen LogP contribution in [0, 0.1) is 5.92 Å². The molecule has 4 nitrogen and oxygen atoms in total. The van der Waals surface area contributed by atoms with Crippen molar-refractivity contribution < 1.29 is 9.59 Å². The second kappa shape index (κ2) is 6.29. The van der Waals surface area contributed by atoms with Crippen molar-refractivity contribution in [1.29, 1.82) is 0 Å². The maximum atomic E-state index is 12.6. The molecule has 0 bridgehead atoms. The van der Waals surface area contributed by atoms with Crippen molar-refractivity contribution in [3.63, 3.8) is 0 Å². The van der Waals surface area contributed by atoms with Gasteiger partial charge >= 0.3 is 0 Å². The van der Waals surface area contributed by atoms with Crippen LogP contribution in [0.25, 0.3) is 0 Å². The lowest BCUT2D eigenvalue weighted by Crippen LogP contribution is -2.49. The quantitative estimate of drug-likeness (QED) is 0.896. The fourth-order valence-corrected chi connectivity index (χ4v) is 2.84. The van der Waals surface area contributed by atoms with Gasteiger partial charge in [0.25, 0.3) is 0 Å². The van der Waals surface area contributed by atoms with E-state index in [1.165, 1.54) is 0 Å². The summed E-state index contributed by atoms with van der Waals surface area (Å²) in [7, 11) is 0. The first-order valence-electron chi connectivity index (χ1n) is 7.87. The van der Waals surface area contributed by atoms with E-state index in [4.69, 9.17) is 0 Å². The summed E-state index contributed by atoms with van der Waals surface area (Å²) in [6.07, 6.45) is 4.64. The van der Waals surface area contributed by atoms with E-state index < -0.39 is 6.04 Å². The number of likely N-dealkylation sites (tertiary alicyclic amines) is 1. The lowest BCUT2D eigenvalue weighted by Gasteiger charge is -2.24. The lowest BCUT2D eigenvalue weighted by atomic mass is 10.0. The predicted molar refractivity (Wildman–Crippen MR) is 80.6 cm³/mol. The SMILES string of the molecule is O=C(N[C@@H](Cc1ccccc1)C(=O)N1CCCC1)C1CC1. The van der Waals surface area contributed by atoms with Gasteiger partial charge in [0.1, 0.15) is 6.04 Å². The smallest absolute Gasteiger partial charge is 0.245 e. The van der Waals surface area contributed by atoms with Crippen molar-refractivity contribution >= 4 is 11.8 Å². The molecule has 2 fully saturated rings. The number of hydrogen-bond acceptors (Lipinski definition) is 2. The van der Waals surface area contributed by atoms with Crippen molar-refractivity contribution in [3.8, 4) is 0 Å². The van der Waals surface area contributed by atoms with Gasteiger partial charge in [-0.1, -0.05) is 30.3 Å². The monoisotopic (exact) mass is 286 g/mol. The Balaban J connectivity index is 1.69. The molecule has 21 heavy (non-hydrogen) atoms. The van der Waals surface area contributed by atoms with Crippen LogP contribution in [0.5, 0.6) is 0 Å². The van der Waals surface area contributed by atoms with Crippen molar-refractivity contribution in [2.45, 2.75) is 38.1 Å². The number of nitrogens with one attached hydrogen (secondary N) is 1. The standard InChI is InChI=1S/C17H22N2O2/c20-16(14-8-9-14)18-15(12-13-6-2-1-3-7-13)17(21)19-10-4-5-11-19/h1-3,6-7,14-15H,4-5,8-12H2,(H,18,20)/t15-/m0/s1. The van der Waals surface area contributed by atoms with Crippen LogP contribution in [-0.4, -0.2) is 35.8 Å². The van der Waals surface area contributed by atoms with Gasteiger partial charge < -0.3 is 10.2 Å². The number of hydrogen-bond donors (Lipinski definition) is 1. The third-order valence-corrected chi connectivity index (χ3v) is 4.26. The third-order valence-electron chi connectivity index (χ3n) is 4.26. The Hall–Kier alpha value is -1.84. The summed E-state index contributed by atoms with van der Waals surface area (Å²) >= 11 is 0. The highest BCUT2D eigenvalue weighted by atomic mass is 16.2. The van der Waals surface area contributed by atoms with E-state index in [0.717, 1.165) is 44.3 Å².